The molecule has 0 saturated heterocycles. The van der Waals surface area contributed by atoms with E-state index in [1.54, 1.807) is 19.9 Å². The van der Waals surface area contributed by atoms with Crippen LogP contribution in [0.15, 0.2) is 17.0 Å². The number of amides is 1. The van der Waals surface area contributed by atoms with Crippen LogP contribution in [0.2, 0.25) is 0 Å². The van der Waals surface area contributed by atoms with Crippen LogP contribution in [0.5, 0.6) is 0 Å². The van der Waals surface area contributed by atoms with E-state index in [-0.39, 0.29) is 16.5 Å². The van der Waals surface area contributed by atoms with Gasteiger partial charge in [0.1, 0.15) is 4.90 Å². The number of anilines is 1. The second kappa shape index (κ2) is 6.23. The highest BCUT2D eigenvalue weighted by Crippen LogP contribution is 2.22. The molecule has 1 rings (SSSR count). The average Bonchev–Trinajstić information content (AvgIpc) is 2.33. The van der Waals surface area contributed by atoms with Gasteiger partial charge in [0.05, 0.1) is 11.7 Å². The lowest BCUT2D eigenvalue weighted by Crippen LogP contribution is -2.44. The topological polar surface area (TPSA) is 101 Å². The van der Waals surface area contributed by atoms with E-state index in [0.717, 1.165) is 11.1 Å². The second-order valence-corrected chi connectivity index (χ2v) is 6.39. The molecule has 1 aromatic rings. The Morgan fingerprint density at radius 3 is 2.40 bits per heavy atom. The van der Waals surface area contributed by atoms with Crippen LogP contribution >= 0.6 is 0 Å². The van der Waals surface area contributed by atoms with Gasteiger partial charge in [0.25, 0.3) is 0 Å². The molecule has 0 bridgehead atoms. The Kier molecular flexibility index (Phi) is 5.13. The largest absolute Gasteiger partial charge is 0.398 e. The first-order valence-corrected chi connectivity index (χ1v) is 7.84. The number of carbonyl (C=O) groups excluding carboxylic acids is 1. The summed E-state index contributed by atoms with van der Waals surface area (Å²) in [5, 5.41) is 2.56. The summed E-state index contributed by atoms with van der Waals surface area (Å²) in [6, 6.07) is 2.26. The molecule has 0 aromatic heterocycles. The Morgan fingerprint density at radius 1 is 1.30 bits per heavy atom. The first kappa shape index (κ1) is 16.5. The molecule has 1 aromatic carbocycles. The van der Waals surface area contributed by atoms with Crippen LogP contribution in [0.1, 0.15) is 25.0 Å². The summed E-state index contributed by atoms with van der Waals surface area (Å²) >= 11 is 0. The lowest BCUT2D eigenvalue weighted by Gasteiger charge is -2.15. The van der Waals surface area contributed by atoms with Gasteiger partial charge in [-0.2, -0.15) is 4.72 Å². The van der Waals surface area contributed by atoms with E-state index in [1.807, 2.05) is 6.92 Å². The minimum Gasteiger partial charge on any atom is -0.398 e. The van der Waals surface area contributed by atoms with E-state index in [1.165, 1.54) is 13.0 Å². The molecule has 0 saturated carbocycles. The van der Waals surface area contributed by atoms with Crippen LogP contribution in [-0.2, 0) is 14.8 Å². The van der Waals surface area contributed by atoms with Crippen molar-refractivity contribution in [3.63, 3.8) is 0 Å². The van der Waals surface area contributed by atoms with E-state index >= 15 is 0 Å². The molecule has 6 nitrogen and oxygen atoms in total. The van der Waals surface area contributed by atoms with Crippen molar-refractivity contribution in [1.82, 2.24) is 10.0 Å². The predicted molar refractivity (Wildman–Crippen MR) is 78.8 cm³/mol. The summed E-state index contributed by atoms with van der Waals surface area (Å²) < 4.78 is 26.9. The summed E-state index contributed by atoms with van der Waals surface area (Å²) in [5.74, 6) is -0.376. The van der Waals surface area contributed by atoms with Crippen molar-refractivity contribution >= 4 is 21.6 Å². The third kappa shape index (κ3) is 3.71. The highest BCUT2D eigenvalue weighted by Gasteiger charge is 2.24. The molecule has 0 spiro atoms. The molecule has 0 heterocycles. The molecule has 7 heteroatoms. The number of nitrogens with one attached hydrogen (secondary N) is 2. The van der Waals surface area contributed by atoms with Crippen molar-refractivity contribution in [3.8, 4) is 0 Å². The Morgan fingerprint density at radius 2 is 1.85 bits per heavy atom. The van der Waals surface area contributed by atoms with Gasteiger partial charge in [-0.05, 0) is 51.0 Å². The molecular weight excluding hydrogens is 278 g/mol. The lowest BCUT2D eigenvalue weighted by atomic mass is 10.1. The van der Waals surface area contributed by atoms with Gasteiger partial charge in [-0.25, -0.2) is 8.42 Å². The summed E-state index contributed by atoms with van der Waals surface area (Å²) in [5.41, 5.74) is 7.68. The molecular formula is C13H21N3O3S. The van der Waals surface area contributed by atoms with Gasteiger partial charge in [0.15, 0.2) is 0 Å². The fourth-order valence-electron chi connectivity index (χ4n) is 1.72. The molecule has 0 aliphatic rings. The molecule has 1 atom stereocenters. The summed E-state index contributed by atoms with van der Waals surface area (Å²) in [6.45, 7) is 7.35. The summed E-state index contributed by atoms with van der Waals surface area (Å²) in [4.78, 5) is 11.6. The predicted octanol–water partition coefficient (Wildman–Crippen LogP) is 0.689. The Bertz CT molecular complexity index is 612. The maximum absolute atomic E-state index is 12.3. The third-order valence-corrected chi connectivity index (χ3v) is 4.59. The minimum atomic E-state index is -3.83. The normalized spacial score (nSPS) is 13.0. The van der Waals surface area contributed by atoms with Crippen molar-refractivity contribution in [2.75, 3.05) is 12.3 Å². The standard InChI is InChI=1S/C13H21N3O3S/c1-5-15-13(17)10(4)16-20(18,19)12-7-9(3)8(2)6-11(12)14/h6-7,10,16H,5,14H2,1-4H3,(H,15,17). The number of likely N-dealkylation sites (N-methyl/N-ethyl adjacent to an activating group) is 1. The summed E-state index contributed by atoms with van der Waals surface area (Å²) in [7, 11) is -3.83. The number of benzene rings is 1. The van der Waals surface area contributed by atoms with Gasteiger partial charge >= 0.3 is 0 Å². The maximum Gasteiger partial charge on any atom is 0.243 e. The monoisotopic (exact) mass is 299 g/mol. The number of nitrogens with two attached hydrogens (primary N) is 1. The van der Waals surface area contributed by atoms with Crippen molar-refractivity contribution in [2.45, 2.75) is 38.6 Å². The molecule has 0 fully saturated rings. The SMILES string of the molecule is CCNC(=O)C(C)NS(=O)(=O)c1cc(C)c(C)cc1N. The average molecular weight is 299 g/mol. The number of hydrogen-bond donors (Lipinski definition) is 3. The second-order valence-electron chi connectivity index (χ2n) is 4.71. The molecule has 0 aliphatic carbocycles. The van der Waals surface area contributed by atoms with Gasteiger partial charge in [-0.3, -0.25) is 4.79 Å². The molecule has 4 N–H and O–H groups in total. The first-order valence-electron chi connectivity index (χ1n) is 6.35. The van der Waals surface area contributed by atoms with Crippen molar-refractivity contribution in [3.05, 3.63) is 23.3 Å². The van der Waals surface area contributed by atoms with Gasteiger partial charge in [-0.15, -0.1) is 0 Å². The molecule has 112 valence electrons. The number of hydrogen-bond acceptors (Lipinski definition) is 4. The lowest BCUT2D eigenvalue weighted by molar-refractivity contribution is -0.122. The van der Waals surface area contributed by atoms with E-state index in [2.05, 4.69) is 10.0 Å². The summed E-state index contributed by atoms with van der Waals surface area (Å²) in [6.07, 6.45) is 0. The van der Waals surface area contributed by atoms with Crippen LogP contribution in [0.4, 0.5) is 5.69 Å². The smallest absolute Gasteiger partial charge is 0.243 e. The molecule has 0 radical (unpaired) electrons. The van der Waals surface area contributed by atoms with Gasteiger partial charge in [-0.1, -0.05) is 0 Å². The van der Waals surface area contributed by atoms with Crippen molar-refractivity contribution in [2.24, 2.45) is 0 Å². The van der Waals surface area contributed by atoms with Gasteiger partial charge < -0.3 is 11.1 Å². The molecule has 20 heavy (non-hydrogen) atoms. The van der Waals surface area contributed by atoms with E-state index in [9.17, 15) is 13.2 Å². The van der Waals surface area contributed by atoms with Crippen molar-refractivity contribution in [1.29, 1.82) is 0 Å². The number of rotatable bonds is 5. The Labute approximate surface area is 119 Å². The zero-order valence-electron chi connectivity index (χ0n) is 12.1. The Hall–Kier alpha value is -1.60. The zero-order chi connectivity index (χ0) is 15.5. The number of carbonyl (C=O) groups is 1. The van der Waals surface area contributed by atoms with Crippen LogP contribution < -0.4 is 15.8 Å². The van der Waals surface area contributed by atoms with E-state index < -0.39 is 16.1 Å². The van der Waals surface area contributed by atoms with Gasteiger partial charge in [0.2, 0.25) is 15.9 Å². The zero-order valence-corrected chi connectivity index (χ0v) is 13.0. The molecule has 1 amide bonds. The van der Waals surface area contributed by atoms with E-state index in [4.69, 9.17) is 5.73 Å². The van der Waals surface area contributed by atoms with Crippen LogP contribution in [-0.4, -0.2) is 26.9 Å². The number of sulfonamides is 1. The maximum atomic E-state index is 12.3. The third-order valence-electron chi connectivity index (χ3n) is 2.99. The van der Waals surface area contributed by atoms with Crippen molar-refractivity contribution < 1.29 is 13.2 Å². The van der Waals surface area contributed by atoms with Crippen LogP contribution in [0.25, 0.3) is 0 Å². The highest BCUT2D eigenvalue weighted by atomic mass is 32.2. The van der Waals surface area contributed by atoms with Crippen LogP contribution in [0.3, 0.4) is 0 Å². The fourth-order valence-corrected chi connectivity index (χ4v) is 3.12. The van der Waals surface area contributed by atoms with Crippen LogP contribution in [0, 0.1) is 13.8 Å². The fraction of sp³-hybridized carbons (Fsp3) is 0.462. The number of nitrogen functional groups attached to an aromatic ring is 1. The number of aryl methyl sites for hydroxylation is 2. The minimum absolute atomic E-state index is 0.00301. The highest BCUT2D eigenvalue weighted by molar-refractivity contribution is 7.89. The molecule has 0 aliphatic heterocycles. The Balaban J connectivity index is 3.06. The van der Waals surface area contributed by atoms with Gasteiger partial charge in [0, 0.05) is 6.54 Å². The first-order chi connectivity index (χ1) is 9.19. The van der Waals surface area contributed by atoms with E-state index in [0.29, 0.717) is 6.54 Å². The quantitative estimate of drug-likeness (QED) is 0.696. The molecule has 1 unspecified atom stereocenters.